The summed E-state index contributed by atoms with van der Waals surface area (Å²) in [4.78, 5) is 11.0. The maximum absolute atomic E-state index is 11.0. The van der Waals surface area contributed by atoms with Crippen LogP contribution in [0.1, 0.15) is 0 Å². The molecule has 0 aliphatic heterocycles. The Morgan fingerprint density at radius 2 is 2.12 bits per heavy atom. The largest absolute Gasteiger partial charge is 0.486 e. The van der Waals surface area contributed by atoms with Gasteiger partial charge in [0.1, 0.15) is 12.4 Å². The number of nitrogens with one attached hydrogen (secondary N) is 2. The summed E-state index contributed by atoms with van der Waals surface area (Å²) in [5.41, 5.74) is 5.88. The number of carbonyl (C=O) groups is 1. The van der Waals surface area contributed by atoms with Gasteiger partial charge in [-0.2, -0.15) is 0 Å². The minimum Gasteiger partial charge on any atom is -0.486 e. The molecule has 5 N–H and O–H groups in total. The van der Waals surface area contributed by atoms with Crippen molar-refractivity contribution in [2.75, 3.05) is 19.0 Å². The third-order valence-corrected chi connectivity index (χ3v) is 1.85. The minimum absolute atomic E-state index is 0.00127. The lowest BCUT2D eigenvalue weighted by atomic mass is 10.3. The van der Waals surface area contributed by atoms with Crippen molar-refractivity contribution >= 4 is 17.6 Å². The van der Waals surface area contributed by atoms with Gasteiger partial charge in [-0.3, -0.25) is 0 Å². The van der Waals surface area contributed by atoms with Crippen LogP contribution in [0.5, 0.6) is 5.75 Å². The van der Waals surface area contributed by atoms with Gasteiger partial charge in [0, 0.05) is 12.7 Å². The van der Waals surface area contributed by atoms with Crippen molar-refractivity contribution in [2.45, 2.75) is 0 Å². The molecule has 7 nitrogen and oxygen atoms in total. The van der Waals surface area contributed by atoms with Gasteiger partial charge in [-0.1, -0.05) is 5.16 Å². The zero-order valence-electron chi connectivity index (χ0n) is 9.30. The van der Waals surface area contributed by atoms with Crippen molar-refractivity contribution in [1.82, 2.24) is 5.32 Å². The number of nitrogens with two attached hydrogens (primary N) is 1. The molecule has 0 aliphatic rings. The number of nitrogens with zero attached hydrogens (tertiary/aromatic N) is 1. The molecule has 0 bridgehead atoms. The normalized spacial score (nSPS) is 10.8. The van der Waals surface area contributed by atoms with Crippen LogP contribution >= 0.6 is 0 Å². The van der Waals surface area contributed by atoms with E-state index in [1.165, 1.54) is 7.05 Å². The Morgan fingerprint density at radius 1 is 1.47 bits per heavy atom. The summed E-state index contributed by atoms with van der Waals surface area (Å²) in [5.74, 6) is 0.539. The molecule has 0 aromatic heterocycles. The van der Waals surface area contributed by atoms with Crippen LogP contribution in [0.15, 0.2) is 29.4 Å². The van der Waals surface area contributed by atoms with E-state index in [0.29, 0.717) is 11.4 Å². The summed E-state index contributed by atoms with van der Waals surface area (Å²) < 4.78 is 5.20. The average Bonchev–Trinajstić information content (AvgIpc) is 2.37. The molecule has 1 aromatic carbocycles. The fraction of sp³-hybridized carbons (Fsp3) is 0.200. The number of ether oxygens (including phenoxy) is 1. The first-order valence-corrected chi connectivity index (χ1v) is 4.83. The highest BCUT2D eigenvalue weighted by molar-refractivity contribution is 5.89. The Hall–Kier alpha value is -2.44. The lowest BCUT2D eigenvalue weighted by Crippen LogP contribution is -2.24. The quantitative estimate of drug-likeness (QED) is 0.266. The average molecular weight is 238 g/mol. The van der Waals surface area contributed by atoms with Crippen LogP contribution in [0, 0.1) is 0 Å². The monoisotopic (exact) mass is 238 g/mol. The summed E-state index contributed by atoms with van der Waals surface area (Å²) in [5, 5.41) is 16.1. The zero-order valence-corrected chi connectivity index (χ0v) is 9.30. The molecule has 0 spiro atoms. The highest BCUT2D eigenvalue weighted by Crippen LogP contribution is 2.15. The molecule has 0 saturated carbocycles. The Morgan fingerprint density at radius 3 is 2.65 bits per heavy atom. The smallest absolute Gasteiger partial charge is 0.318 e. The molecule has 0 heterocycles. The van der Waals surface area contributed by atoms with E-state index in [-0.39, 0.29) is 18.5 Å². The second kappa shape index (κ2) is 6.21. The maximum atomic E-state index is 11.0. The predicted octanol–water partition coefficient (Wildman–Crippen LogP) is 0.563. The van der Waals surface area contributed by atoms with Gasteiger partial charge in [-0.25, -0.2) is 4.79 Å². The molecule has 2 amide bonds. The first-order chi connectivity index (χ1) is 8.15. The molecule has 0 fully saturated rings. The van der Waals surface area contributed by atoms with E-state index in [2.05, 4.69) is 15.8 Å². The Bertz CT molecular complexity index is 403. The topological polar surface area (TPSA) is 109 Å². The van der Waals surface area contributed by atoms with Crippen LogP contribution in [-0.4, -0.2) is 30.7 Å². The van der Waals surface area contributed by atoms with E-state index in [1.54, 1.807) is 24.3 Å². The van der Waals surface area contributed by atoms with Crippen molar-refractivity contribution in [2.24, 2.45) is 10.9 Å². The van der Waals surface area contributed by atoms with Gasteiger partial charge in [-0.15, -0.1) is 0 Å². The number of oxime groups is 1. The number of hydrogen-bond acceptors (Lipinski definition) is 4. The number of hydrogen-bond donors (Lipinski definition) is 4. The fourth-order valence-electron chi connectivity index (χ4n) is 1.01. The molecule has 1 aromatic rings. The molecular formula is C10H14N4O3. The molecule has 17 heavy (non-hydrogen) atoms. The van der Waals surface area contributed by atoms with Crippen molar-refractivity contribution < 1.29 is 14.7 Å². The van der Waals surface area contributed by atoms with Gasteiger partial charge in [0.05, 0.1) is 0 Å². The SMILES string of the molecule is CNC(=O)Nc1ccc(OC/C(N)=N/O)cc1. The maximum Gasteiger partial charge on any atom is 0.318 e. The Labute approximate surface area is 98.2 Å². The second-order valence-corrected chi connectivity index (χ2v) is 3.11. The van der Waals surface area contributed by atoms with E-state index in [0.717, 1.165) is 0 Å². The Kier molecular flexibility index (Phi) is 4.61. The van der Waals surface area contributed by atoms with Crippen molar-refractivity contribution in [3.05, 3.63) is 24.3 Å². The first-order valence-electron chi connectivity index (χ1n) is 4.83. The minimum atomic E-state index is -0.296. The molecule has 0 unspecified atom stereocenters. The molecule has 92 valence electrons. The number of amidine groups is 1. The standard InChI is InChI=1S/C10H14N4O3/c1-12-10(15)13-7-2-4-8(5-3-7)17-6-9(11)14-16/h2-5,16H,6H2,1H3,(H2,11,14)(H2,12,13,15). The number of rotatable bonds is 4. The predicted molar refractivity (Wildman–Crippen MR) is 63.4 cm³/mol. The molecular weight excluding hydrogens is 224 g/mol. The van der Waals surface area contributed by atoms with Crippen LogP contribution < -0.4 is 21.1 Å². The van der Waals surface area contributed by atoms with E-state index < -0.39 is 0 Å². The molecule has 0 radical (unpaired) electrons. The molecule has 1 rings (SSSR count). The lowest BCUT2D eigenvalue weighted by molar-refractivity contribution is 0.254. The zero-order chi connectivity index (χ0) is 12.7. The fourth-order valence-corrected chi connectivity index (χ4v) is 1.01. The highest BCUT2D eigenvalue weighted by Gasteiger charge is 2.00. The number of amides is 2. The molecule has 7 heteroatoms. The van der Waals surface area contributed by atoms with Crippen molar-refractivity contribution in [3.8, 4) is 5.75 Å². The van der Waals surface area contributed by atoms with Gasteiger partial charge >= 0.3 is 6.03 Å². The summed E-state index contributed by atoms with van der Waals surface area (Å²) in [6, 6.07) is 6.38. The van der Waals surface area contributed by atoms with Gasteiger partial charge < -0.3 is 26.3 Å². The van der Waals surface area contributed by atoms with Gasteiger partial charge in [0.15, 0.2) is 5.84 Å². The highest BCUT2D eigenvalue weighted by atomic mass is 16.5. The Balaban J connectivity index is 2.53. The first kappa shape index (κ1) is 12.6. The van der Waals surface area contributed by atoms with E-state index >= 15 is 0 Å². The third-order valence-electron chi connectivity index (χ3n) is 1.85. The van der Waals surface area contributed by atoms with Gasteiger partial charge in [0.25, 0.3) is 0 Å². The van der Waals surface area contributed by atoms with Crippen LogP contribution in [-0.2, 0) is 0 Å². The number of carbonyl (C=O) groups excluding carboxylic acids is 1. The van der Waals surface area contributed by atoms with Crippen molar-refractivity contribution in [3.63, 3.8) is 0 Å². The van der Waals surface area contributed by atoms with E-state index in [4.69, 9.17) is 15.7 Å². The summed E-state index contributed by atoms with van der Waals surface area (Å²) >= 11 is 0. The molecule has 0 atom stereocenters. The third kappa shape index (κ3) is 4.29. The summed E-state index contributed by atoms with van der Waals surface area (Å²) in [6.07, 6.45) is 0. The summed E-state index contributed by atoms with van der Waals surface area (Å²) in [6.45, 7) is -0.00127. The van der Waals surface area contributed by atoms with Gasteiger partial charge in [0.2, 0.25) is 0 Å². The molecule has 0 aliphatic carbocycles. The van der Waals surface area contributed by atoms with E-state index in [9.17, 15) is 4.79 Å². The summed E-state index contributed by atoms with van der Waals surface area (Å²) in [7, 11) is 1.53. The number of anilines is 1. The number of benzene rings is 1. The second-order valence-electron chi connectivity index (χ2n) is 3.11. The van der Waals surface area contributed by atoms with E-state index in [1.807, 2.05) is 0 Å². The van der Waals surface area contributed by atoms with Crippen LogP contribution in [0.2, 0.25) is 0 Å². The van der Waals surface area contributed by atoms with Gasteiger partial charge in [-0.05, 0) is 24.3 Å². The van der Waals surface area contributed by atoms with Crippen LogP contribution in [0.25, 0.3) is 0 Å². The number of urea groups is 1. The molecule has 0 saturated heterocycles. The van der Waals surface area contributed by atoms with Crippen LogP contribution in [0.4, 0.5) is 10.5 Å². The lowest BCUT2D eigenvalue weighted by Gasteiger charge is -2.07. The van der Waals surface area contributed by atoms with Crippen molar-refractivity contribution in [1.29, 1.82) is 0 Å². The van der Waals surface area contributed by atoms with Crippen LogP contribution in [0.3, 0.4) is 0 Å².